The molecule has 1 heterocycles. The summed E-state index contributed by atoms with van der Waals surface area (Å²) in [6, 6.07) is 8.53. The van der Waals surface area contributed by atoms with E-state index >= 15 is 0 Å². The number of ether oxygens (including phenoxy) is 1. The Morgan fingerprint density at radius 3 is 1.76 bits per heavy atom. The summed E-state index contributed by atoms with van der Waals surface area (Å²) in [6.07, 6.45) is -8.92. The zero-order valence-corrected chi connectivity index (χ0v) is 18.6. The molecule has 14 heteroatoms. The van der Waals surface area contributed by atoms with E-state index in [0.29, 0.717) is 0 Å². The minimum Gasteiger partial charge on any atom is -0.457 e. The standard InChI is InChI=1S/C23H16F6N4O4/c1-30-21(36)18-11-17(6-7-31-18)37-16-4-2-12(3-5-16)19(34)32-33-20(35)13-8-14(22(24,25)26)10-15(9-13)23(27,28)29/h2-11H,1H3,(H,30,36)(H,32,34)(H,33,35). The number of hydrogen-bond donors (Lipinski definition) is 3. The average Bonchev–Trinajstić information content (AvgIpc) is 2.85. The van der Waals surface area contributed by atoms with Crippen molar-refractivity contribution in [2.24, 2.45) is 0 Å². The summed E-state index contributed by atoms with van der Waals surface area (Å²) in [7, 11) is 1.43. The molecule has 0 spiro atoms. The molecule has 3 amide bonds. The number of nitrogens with zero attached hydrogens (tertiary/aromatic N) is 1. The molecule has 37 heavy (non-hydrogen) atoms. The van der Waals surface area contributed by atoms with E-state index in [9.17, 15) is 40.7 Å². The number of carbonyl (C=O) groups is 3. The fourth-order valence-corrected chi connectivity index (χ4v) is 2.88. The normalized spacial score (nSPS) is 11.4. The van der Waals surface area contributed by atoms with Crippen molar-refractivity contribution in [2.45, 2.75) is 12.4 Å². The first kappa shape index (κ1) is 27.0. The van der Waals surface area contributed by atoms with Crippen LogP contribution in [-0.2, 0) is 12.4 Å². The van der Waals surface area contributed by atoms with E-state index in [-0.39, 0.29) is 41.0 Å². The van der Waals surface area contributed by atoms with Crippen LogP contribution >= 0.6 is 0 Å². The highest BCUT2D eigenvalue weighted by Gasteiger charge is 2.37. The molecule has 3 aromatic rings. The lowest BCUT2D eigenvalue weighted by Crippen LogP contribution is -2.41. The topological polar surface area (TPSA) is 109 Å². The van der Waals surface area contributed by atoms with Crippen molar-refractivity contribution in [1.82, 2.24) is 21.2 Å². The molecule has 0 radical (unpaired) electrons. The SMILES string of the molecule is CNC(=O)c1cc(Oc2ccc(C(=O)NNC(=O)c3cc(C(F)(F)F)cc(C(F)(F)F)c3)cc2)ccn1. The summed E-state index contributed by atoms with van der Waals surface area (Å²) >= 11 is 0. The molecule has 0 unspecified atom stereocenters. The molecule has 2 aromatic carbocycles. The number of hydrogen-bond acceptors (Lipinski definition) is 5. The minimum atomic E-state index is -5.14. The minimum absolute atomic E-state index is 0.0200. The second-order valence-corrected chi connectivity index (χ2v) is 7.29. The lowest BCUT2D eigenvalue weighted by Gasteiger charge is -2.14. The Balaban J connectivity index is 1.67. The third-order valence-corrected chi connectivity index (χ3v) is 4.68. The number of halogens is 6. The first-order valence-corrected chi connectivity index (χ1v) is 10.1. The van der Waals surface area contributed by atoms with Gasteiger partial charge in [0.15, 0.2) is 0 Å². The average molecular weight is 526 g/mol. The quantitative estimate of drug-likeness (QED) is 0.339. The predicted molar refractivity (Wildman–Crippen MR) is 116 cm³/mol. The molecule has 0 aliphatic carbocycles. The molecular formula is C23H16F6N4O4. The van der Waals surface area contributed by atoms with Crippen molar-refractivity contribution in [2.75, 3.05) is 7.05 Å². The lowest BCUT2D eigenvalue weighted by atomic mass is 10.0. The van der Waals surface area contributed by atoms with Crippen LogP contribution in [0.15, 0.2) is 60.8 Å². The third kappa shape index (κ3) is 6.96. The molecular weight excluding hydrogens is 510 g/mol. The molecule has 0 aliphatic heterocycles. The Kier molecular flexibility index (Phi) is 7.70. The van der Waals surface area contributed by atoms with Crippen LogP contribution in [0.5, 0.6) is 11.5 Å². The molecule has 8 nitrogen and oxygen atoms in total. The van der Waals surface area contributed by atoms with Gasteiger partial charge in [-0.25, -0.2) is 0 Å². The number of rotatable bonds is 5. The van der Waals surface area contributed by atoms with Crippen LogP contribution in [0.2, 0.25) is 0 Å². The van der Waals surface area contributed by atoms with Gasteiger partial charge in [-0.3, -0.25) is 30.2 Å². The highest BCUT2D eigenvalue weighted by Crippen LogP contribution is 2.36. The van der Waals surface area contributed by atoms with Gasteiger partial charge in [-0.05, 0) is 48.5 Å². The van der Waals surface area contributed by atoms with Crippen LogP contribution in [0.25, 0.3) is 0 Å². The van der Waals surface area contributed by atoms with Gasteiger partial charge in [0, 0.05) is 30.4 Å². The Labute approximate surface area is 204 Å². The number of nitrogens with one attached hydrogen (secondary N) is 3. The van der Waals surface area contributed by atoms with E-state index in [1.807, 2.05) is 5.43 Å². The molecule has 194 valence electrons. The summed E-state index contributed by atoms with van der Waals surface area (Å²) < 4.78 is 83.4. The lowest BCUT2D eigenvalue weighted by molar-refractivity contribution is -0.143. The predicted octanol–water partition coefficient (Wildman–Crippen LogP) is 4.35. The molecule has 3 N–H and O–H groups in total. The number of aromatic nitrogens is 1. The van der Waals surface area contributed by atoms with Crippen LogP contribution in [-0.4, -0.2) is 29.8 Å². The maximum absolute atomic E-state index is 13.0. The van der Waals surface area contributed by atoms with Gasteiger partial charge < -0.3 is 10.1 Å². The Hall–Kier alpha value is -4.62. The van der Waals surface area contributed by atoms with Crippen molar-refractivity contribution in [3.05, 3.63) is 88.7 Å². The monoisotopic (exact) mass is 526 g/mol. The van der Waals surface area contributed by atoms with Gasteiger partial charge in [0.2, 0.25) is 0 Å². The third-order valence-electron chi connectivity index (χ3n) is 4.68. The van der Waals surface area contributed by atoms with E-state index in [0.717, 1.165) is 0 Å². The molecule has 0 saturated heterocycles. The van der Waals surface area contributed by atoms with E-state index in [1.165, 1.54) is 49.6 Å². The second-order valence-electron chi connectivity index (χ2n) is 7.29. The summed E-state index contributed by atoms with van der Waals surface area (Å²) in [5.41, 5.74) is -0.525. The summed E-state index contributed by atoms with van der Waals surface area (Å²) in [4.78, 5) is 40.0. The van der Waals surface area contributed by atoms with Gasteiger partial charge in [-0.15, -0.1) is 0 Å². The van der Waals surface area contributed by atoms with Gasteiger partial charge in [-0.2, -0.15) is 26.3 Å². The maximum Gasteiger partial charge on any atom is 0.416 e. The van der Waals surface area contributed by atoms with Crippen LogP contribution in [0, 0.1) is 0 Å². The largest absolute Gasteiger partial charge is 0.457 e. The first-order chi connectivity index (χ1) is 17.3. The fourth-order valence-electron chi connectivity index (χ4n) is 2.88. The van der Waals surface area contributed by atoms with Crippen LogP contribution in [0.3, 0.4) is 0 Å². The smallest absolute Gasteiger partial charge is 0.416 e. The van der Waals surface area contributed by atoms with E-state index in [4.69, 9.17) is 4.74 Å². The van der Waals surface area contributed by atoms with Crippen molar-refractivity contribution in [3.63, 3.8) is 0 Å². The van der Waals surface area contributed by atoms with Gasteiger partial charge in [0.25, 0.3) is 17.7 Å². The van der Waals surface area contributed by atoms with Crippen molar-refractivity contribution >= 4 is 17.7 Å². The van der Waals surface area contributed by atoms with Gasteiger partial charge in [-0.1, -0.05) is 0 Å². The summed E-state index contributed by atoms with van der Waals surface area (Å²) in [5.74, 6) is -2.20. The highest BCUT2D eigenvalue weighted by atomic mass is 19.4. The zero-order chi connectivity index (χ0) is 27.4. The van der Waals surface area contributed by atoms with Gasteiger partial charge >= 0.3 is 12.4 Å². The number of benzene rings is 2. The molecule has 1 aromatic heterocycles. The van der Waals surface area contributed by atoms with E-state index in [2.05, 4.69) is 10.3 Å². The summed E-state index contributed by atoms with van der Waals surface area (Å²) in [5, 5.41) is 2.41. The molecule has 0 bridgehead atoms. The molecule has 0 aliphatic rings. The Bertz CT molecular complexity index is 1290. The van der Waals surface area contributed by atoms with Crippen LogP contribution in [0.1, 0.15) is 42.3 Å². The van der Waals surface area contributed by atoms with E-state index in [1.54, 1.807) is 5.43 Å². The Morgan fingerprint density at radius 1 is 0.703 bits per heavy atom. The van der Waals surface area contributed by atoms with E-state index < -0.39 is 46.8 Å². The van der Waals surface area contributed by atoms with Crippen LogP contribution < -0.4 is 20.9 Å². The number of carbonyl (C=O) groups excluding carboxylic acids is 3. The summed E-state index contributed by atoms with van der Waals surface area (Å²) in [6.45, 7) is 0. The van der Waals surface area contributed by atoms with Gasteiger partial charge in [0.05, 0.1) is 11.1 Å². The van der Waals surface area contributed by atoms with Gasteiger partial charge in [0.1, 0.15) is 17.2 Å². The number of hydrazine groups is 1. The Morgan fingerprint density at radius 2 is 1.24 bits per heavy atom. The first-order valence-electron chi connectivity index (χ1n) is 10.1. The van der Waals surface area contributed by atoms with Crippen LogP contribution in [0.4, 0.5) is 26.3 Å². The number of alkyl halides is 6. The second kappa shape index (κ2) is 10.6. The number of amides is 3. The zero-order valence-electron chi connectivity index (χ0n) is 18.6. The molecule has 0 saturated carbocycles. The highest BCUT2D eigenvalue weighted by molar-refractivity contribution is 5.99. The maximum atomic E-state index is 13.0. The van der Waals surface area contributed by atoms with Crippen molar-refractivity contribution < 1.29 is 45.5 Å². The fraction of sp³-hybridized carbons (Fsp3) is 0.130. The molecule has 0 fully saturated rings. The number of pyridine rings is 1. The van der Waals surface area contributed by atoms with Crippen molar-refractivity contribution in [1.29, 1.82) is 0 Å². The molecule has 3 rings (SSSR count). The molecule has 0 atom stereocenters. The van der Waals surface area contributed by atoms with Crippen molar-refractivity contribution in [3.8, 4) is 11.5 Å².